The first-order chi connectivity index (χ1) is 6.77. The second-order valence-electron chi connectivity index (χ2n) is 2.61. The number of benzene rings is 1. The minimum absolute atomic E-state index is 0.365. The van der Waals surface area contributed by atoms with Crippen LogP contribution in [0.3, 0.4) is 0 Å². The first-order valence-corrected chi connectivity index (χ1v) is 4.08. The van der Waals surface area contributed by atoms with Gasteiger partial charge in [0.25, 0.3) is 0 Å². The maximum atomic E-state index is 11.0. The van der Waals surface area contributed by atoms with Crippen molar-refractivity contribution in [3.63, 3.8) is 0 Å². The van der Waals surface area contributed by atoms with E-state index in [0.29, 0.717) is 11.8 Å². The van der Waals surface area contributed by atoms with Crippen LogP contribution in [0.2, 0.25) is 0 Å². The predicted molar refractivity (Wildman–Crippen MR) is 52.9 cm³/mol. The van der Waals surface area contributed by atoms with E-state index in [9.17, 15) is 9.59 Å². The van der Waals surface area contributed by atoms with Gasteiger partial charge in [0.2, 0.25) is 0 Å². The van der Waals surface area contributed by atoms with Gasteiger partial charge in [0, 0.05) is 0 Å². The first kappa shape index (κ1) is 10.2. The lowest BCUT2D eigenvalue weighted by Crippen LogP contribution is -2.00. The quantitative estimate of drug-likeness (QED) is 0.414. The van der Waals surface area contributed by atoms with Crippen molar-refractivity contribution in [3.8, 4) is 0 Å². The lowest BCUT2D eigenvalue weighted by Gasteiger charge is -1.98. The standard InChI is InChI=1S/C11H10O3/c1-14-11(13)10-6-4-9(5-7-10)3-2-8-12/h2-8H,1H3. The molecule has 0 fully saturated rings. The molecule has 0 unspecified atom stereocenters. The Bertz CT molecular complexity index is 349. The molecule has 0 heterocycles. The van der Waals surface area contributed by atoms with Crippen molar-refractivity contribution in [2.75, 3.05) is 7.11 Å². The van der Waals surface area contributed by atoms with E-state index in [1.165, 1.54) is 13.2 Å². The van der Waals surface area contributed by atoms with Gasteiger partial charge in [-0.05, 0) is 23.8 Å². The van der Waals surface area contributed by atoms with Crippen molar-refractivity contribution in [1.82, 2.24) is 0 Å². The Morgan fingerprint density at radius 2 is 1.93 bits per heavy atom. The fourth-order valence-corrected chi connectivity index (χ4v) is 0.999. The molecule has 0 radical (unpaired) electrons. The van der Waals surface area contributed by atoms with E-state index < -0.39 is 0 Å². The van der Waals surface area contributed by atoms with Crippen LogP contribution in [0.5, 0.6) is 0 Å². The molecule has 0 saturated heterocycles. The van der Waals surface area contributed by atoms with Crippen molar-refractivity contribution >= 4 is 18.3 Å². The number of methoxy groups -OCH3 is 1. The molecule has 1 rings (SSSR count). The van der Waals surface area contributed by atoms with E-state index in [0.717, 1.165) is 5.56 Å². The molecule has 0 saturated carbocycles. The number of hydrogen-bond acceptors (Lipinski definition) is 3. The Labute approximate surface area is 82.0 Å². The van der Waals surface area contributed by atoms with Crippen molar-refractivity contribution in [1.29, 1.82) is 0 Å². The normalized spacial score (nSPS) is 10.1. The predicted octanol–water partition coefficient (Wildman–Crippen LogP) is 1.69. The molecule has 0 bridgehead atoms. The van der Waals surface area contributed by atoms with Crippen molar-refractivity contribution in [3.05, 3.63) is 41.5 Å². The molecule has 3 nitrogen and oxygen atoms in total. The summed E-state index contributed by atoms with van der Waals surface area (Å²) < 4.78 is 4.54. The largest absolute Gasteiger partial charge is 0.465 e. The van der Waals surface area contributed by atoms with E-state index in [1.807, 2.05) is 0 Å². The number of esters is 1. The van der Waals surface area contributed by atoms with E-state index in [4.69, 9.17) is 0 Å². The Morgan fingerprint density at radius 3 is 2.43 bits per heavy atom. The zero-order valence-electron chi connectivity index (χ0n) is 7.77. The van der Waals surface area contributed by atoms with Crippen LogP contribution in [-0.4, -0.2) is 19.4 Å². The Kier molecular flexibility index (Phi) is 3.61. The molecule has 0 aliphatic carbocycles. The molecular weight excluding hydrogens is 180 g/mol. The second-order valence-corrected chi connectivity index (χ2v) is 2.61. The maximum absolute atomic E-state index is 11.0. The Hall–Kier alpha value is -1.90. The molecule has 0 N–H and O–H groups in total. The van der Waals surface area contributed by atoms with E-state index >= 15 is 0 Å². The minimum Gasteiger partial charge on any atom is -0.465 e. The summed E-state index contributed by atoms with van der Waals surface area (Å²) in [5.41, 5.74) is 1.36. The average molecular weight is 190 g/mol. The molecule has 0 aromatic heterocycles. The molecule has 0 amide bonds. The summed E-state index contributed by atoms with van der Waals surface area (Å²) in [6.45, 7) is 0. The average Bonchev–Trinajstić information content (AvgIpc) is 2.26. The highest BCUT2D eigenvalue weighted by Gasteiger charge is 2.02. The van der Waals surface area contributed by atoms with Gasteiger partial charge in [-0.1, -0.05) is 18.2 Å². The number of allylic oxidation sites excluding steroid dienone is 1. The summed E-state index contributed by atoms with van der Waals surface area (Å²) in [6, 6.07) is 6.78. The molecule has 14 heavy (non-hydrogen) atoms. The van der Waals surface area contributed by atoms with Crippen LogP contribution >= 0.6 is 0 Å². The van der Waals surface area contributed by atoms with Crippen LogP contribution in [0, 0.1) is 0 Å². The molecule has 0 atom stereocenters. The van der Waals surface area contributed by atoms with Crippen LogP contribution in [0.15, 0.2) is 30.3 Å². The van der Waals surface area contributed by atoms with Gasteiger partial charge in [-0.25, -0.2) is 4.79 Å². The van der Waals surface area contributed by atoms with Crippen LogP contribution in [0.25, 0.3) is 6.08 Å². The van der Waals surface area contributed by atoms with Gasteiger partial charge in [-0.15, -0.1) is 0 Å². The Balaban J connectivity index is 2.83. The third-order valence-electron chi connectivity index (χ3n) is 1.70. The summed E-state index contributed by atoms with van der Waals surface area (Å²) in [6.07, 6.45) is 3.76. The molecule has 1 aromatic carbocycles. The van der Waals surface area contributed by atoms with Gasteiger partial charge < -0.3 is 4.74 Å². The van der Waals surface area contributed by atoms with Crippen molar-refractivity contribution < 1.29 is 14.3 Å². The number of aldehydes is 1. The van der Waals surface area contributed by atoms with Crippen LogP contribution < -0.4 is 0 Å². The SMILES string of the molecule is COC(=O)c1ccc(C=CC=O)cc1. The molecule has 0 aliphatic heterocycles. The molecule has 72 valence electrons. The smallest absolute Gasteiger partial charge is 0.337 e. The monoisotopic (exact) mass is 190 g/mol. The minimum atomic E-state index is -0.365. The van der Waals surface area contributed by atoms with Gasteiger partial charge >= 0.3 is 5.97 Å². The number of carbonyl (C=O) groups excluding carboxylic acids is 2. The van der Waals surface area contributed by atoms with Crippen LogP contribution in [0.4, 0.5) is 0 Å². The van der Waals surface area contributed by atoms with Gasteiger partial charge in [0.05, 0.1) is 12.7 Å². The summed E-state index contributed by atoms with van der Waals surface area (Å²) >= 11 is 0. The second kappa shape index (κ2) is 4.97. The molecule has 3 heteroatoms. The molecular formula is C11H10O3. The van der Waals surface area contributed by atoms with E-state index in [2.05, 4.69) is 4.74 Å². The molecule has 0 spiro atoms. The van der Waals surface area contributed by atoms with E-state index in [1.54, 1.807) is 30.3 Å². The zero-order chi connectivity index (χ0) is 10.4. The van der Waals surface area contributed by atoms with Crippen LogP contribution in [0.1, 0.15) is 15.9 Å². The summed E-state index contributed by atoms with van der Waals surface area (Å²) in [5, 5.41) is 0. The summed E-state index contributed by atoms with van der Waals surface area (Å²) in [4.78, 5) is 21.1. The van der Waals surface area contributed by atoms with Gasteiger partial charge in [0.15, 0.2) is 0 Å². The topological polar surface area (TPSA) is 43.4 Å². The summed E-state index contributed by atoms with van der Waals surface area (Å²) in [7, 11) is 1.34. The fraction of sp³-hybridized carbons (Fsp3) is 0.0909. The lowest BCUT2D eigenvalue weighted by atomic mass is 10.1. The fourth-order valence-electron chi connectivity index (χ4n) is 0.999. The van der Waals surface area contributed by atoms with Crippen LogP contribution in [-0.2, 0) is 9.53 Å². The number of rotatable bonds is 3. The number of hydrogen-bond donors (Lipinski definition) is 0. The van der Waals surface area contributed by atoms with E-state index in [-0.39, 0.29) is 5.97 Å². The zero-order valence-corrected chi connectivity index (χ0v) is 7.77. The maximum Gasteiger partial charge on any atom is 0.337 e. The molecule has 0 aliphatic rings. The van der Waals surface area contributed by atoms with Gasteiger partial charge in [0.1, 0.15) is 6.29 Å². The van der Waals surface area contributed by atoms with Gasteiger partial charge in [-0.3, -0.25) is 4.79 Å². The first-order valence-electron chi connectivity index (χ1n) is 4.08. The van der Waals surface area contributed by atoms with Crippen molar-refractivity contribution in [2.45, 2.75) is 0 Å². The third kappa shape index (κ3) is 2.55. The Morgan fingerprint density at radius 1 is 1.29 bits per heavy atom. The highest BCUT2D eigenvalue weighted by atomic mass is 16.5. The number of carbonyl (C=O) groups is 2. The van der Waals surface area contributed by atoms with Gasteiger partial charge in [-0.2, -0.15) is 0 Å². The molecule has 1 aromatic rings. The highest BCUT2D eigenvalue weighted by Crippen LogP contribution is 2.06. The third-order valence-corrected chi connectivity index (χ3v) is 1.70. The lowest BCUT2D eigenvalue weighted by molar-refractivity contribution is -0.104. The van der Waals surface area contributed by atoms with Crippen molar-refractivity contribution in [2.24, 2.45) is 0 Å². The summed E-state index contributed by atoms with van der Waals surface area (Å²) in [5.74, 6) is -0.365. The number of ether oxygens (including phenoxy) is 1. The highest BCUT2D eigenvalue weighted by molar-refractivity contribution is 5.89.